The third kappa shape index (κ3) is 4.10. The maximum atomic E-state index is 11.6. The zero-order valence-corrected chi connectivity index (χ0v) is 10.4. The van der Waals surface area contributed by atoms with E-state index in [2.05, 4.69) is 19.2 Å². The molecule has 1 rings (SSSR count). The van der Waals surface area contributed by atoms with Crippen LogP contribution in [0.4, 0.5) is 0 Å². The molecule has 1 atom stereocenters. The van der Waals surface area contributed by atoms with Crippen LogP contribution in [0.5, 0.6) is 0 Å². The normalized spacial score (nSPS) is 24.1. The first-order valence-corrected chi connectivity index (χ1v) is 6.13. The molecule has 4 heteroatoms. The van der Waals surface area contributed by atoms with Crippen LogP contribution in [0.1, 0.15) is 39.5 Å². The maximum absolute atomic E-state index is 11.6. The minimum absolute atomic E-state index is 0.0200. The molecular weight excluding hydrogens is 204 g/mol. The summed E-state index contributed by atoms with van der Waals surface area (Å²) in [6.07, 6.45) is 4.73. The average molecular weight is 228 g/mol. The third-order valence-corrected chi connectivity index (χ3v) is 3.34. The highest BCUT2D eigenvalue weighted by Crippen LogP contribution is 2.35. The van der Waals surface area contributed by atoms with Crippen molar-refractivity contribution in [2.45, 2.75) is 45.6 Å². The summed E-state index contributed by atoms with van der Waals surface area (Å²) in [4.78, 5) is 11.6. The van der Waals surface area contributed by atoms with Gasteiger partial charge >= 0.3 is 0 Å². The molecule has 94 valence electrons. The molecule has 16 heavy (non-hydrogen) atoms. The van der Waals surface area contributed by atoms with E-state index in [1.54, 1.807) is 0 Å². The second-order valence-electron chi connectivity index (χ2n) is 5.20. The summed E-state index contributed by atoms with van der Waals surface area (Å²) in [5.74, 6) is -0.0200. The average Bonchev–Trinajstić information content (AvgIpc) is 2.21. The Bertz CT molecular complexity index is 229. The van der Waals surface area contributed by atoms with Gasteiger partial charge in [0.1, 0.15) is 6.61 Å². The van der Waals surface area contributed by atoms with E-state index in [9.17, 15) is 4.79 Å². The minimum Gasteiger partial charge on any atom is -0.370 e. The number of hydrogen-bond donors (Lipinski definition) is 2. The number of carbonyl (C=O) groups is 1. The first kappa shape index (κ1) is 13.5. The second-order valence-corrected chi connectivity index (χ2v) is 5.20. The SMILES string of the molecule is CC1(C)CCCCC1NC(=O)COCCN. The fraction of sp³-hybridized carbons (Fsp3) is 0.917. The van der Waals surface area contributed by atoms with E-state index < -0.39 is 0 Å². The number of carbonyl (C=O) groups excluding carboxylic acids is 1. The predicted octanol–water partition coefficient (Wildman–Crippen LogP) is 1.05. The number of nitrogens with two attached hydrogens (primary N) is 1. The van der Waals surface area contributed by atoms with E-state index in [4.69, 9.17) is 10.5 Å². The maximum Gasteiger partial charge on any atom is 0.246 e. The van der Waals surface area contributed by atoms with Crippen LogP contribution >= 0.6 is 0 Å². The largest absolute Gasteiger partial charge is 0.370 e. The van der Waals surface area contributed by atoms with Gasteiger partial charge in [-0.3, -0.25) is 4.79 Å². The molecule has 0 saturated heterocycles. The minimum atomic E-state index is -0.0200. The van der Waals surface area contributed by atoms with E-state index in [0.29, 0.717) is 13.2 Å². The molecule has 0 aromatic carbocycles. The van der Waals surface area contributed by atoms with Crippen LogP contribution < -0.4 is 11.1 Å². The lowest BCUT2D eigenvalue weighted by molar-refractivity contribution is -0.127. The summed E-state index contributed by atoms with van der Waals surface area (Å²) in [5, 5.41) is 3.06. The predicted molar refractivity (Wildman–Crippen MR) is 64.1 cm³/mol. The van der Waals surface area contributed by atoms with Gasteiger partial charge in [0.25, 0.3) is 0 Å². The van der Waals surface area contributed by atoms with Gasteiger partial charge < -0.3 is 15.8 Å². The summed E-state index contributed by atoms with van der Waals surface area (Å²) >= 11 is 0. The number of hydrogen-bond acceptors (Lipinski definition) is 3. The van der Waals surface area contributed by atoms with Crippen molar-refractivity contribution >= 4 is 5.91 Å². The highest BCUT2D eigenvalue weighted by Gasteiger charge is 2.32. The molecule has 0 aromatic rings. The molecule has 0 spiro atoms. The van der Waals surface area contributed by atoms with E-state index >= 15 is 0 Å². The van der Waals surface area contributed by atoms with Crippen molar-refractivity contribution in [1.29, 1.82) is 0 Å². The monoisotopic (exact) mass is 228 g/mol. The Morgan fingerprint density at radius 2 is 2.25 bits per heavy atom. The van der Waals surface area contributed by atoms with Gasteiger partial charge in [0.15, 0.2) is 0 Å². The number of rotatable bonds is 5. The first-order chi connectivity index (χ1) is 7.56. The lowest BCUT2D eigenvalue weighted by Crippen LogP contribution is -2.48. The molecule has 1 saturated carbocycles. The van der Waals surface area contributed by atoms with Crippen LogP contribution in [0, 0.1) is 5.41 Å². The van der Waals surface area contributed by atoms with Crippen molar-refractivity contribution in [3.63, 3.8) is 0 Å². The number of nitrogens with one attached hydrogen (secondary N) is 1. The fourth-order valence-corrected chi connectivity index (χ4v) is 2.25. The lowest BCUT2D eigenvalue weighted by atomic mass is 9.73. The quantitative estimate of drug-likeness (QED) is 0.691. The molecular formula is C12H24N2O2. The molecule has 0 bridgehead atoms. The van der Waals surface area contributed by atoms with Crippen LogP contribution in [0.3, 0.4) is 0 Å². The van der Waals surface area contributed by atoms with Crippen molar-refractivity contribution in [3.05, 3.63) is 0 Å². The number of amides is 1. The highest BCUT2D eigenvalue weighted by atomic mass is 16.5. The Kier molecular flexibility index (Phi) is 5.22. The molecule has 1 unspecified atom stereocenters. The van der Waals surface area contributed by atoms with E-state index in [-0.39, 0.29) is 24.0 Å². The Balaban J connectivity index is 2.31. The van der Waals surface area contributed by atoms with Gasteiger partial charge in [0, 0.05) is 12.6 Å². The van der Waals surface area contributed by atoms with Crippen LogP contribution in [0.25, 0.3) is 0 Å². The highest BCUT2D eigenvalue weighted by molar-refractivity contribution is 5.77. The Hall–Kier alpha value is -0.610. The molecule has 0 aromatic heterocycles. The van der Waals surface area contributed by atoms with Crippen molar-refractivity contribution in [3.8, 4) is 0 Å². The van der Waals surface area contributed by atoms with Gasteiger partial charge in [0.05, 0.1) is 6.61 Å². The van der Waals surface area contributed by atoms with Crippen LogP contribution in [0.15, 0.2) is 0 Å². The molecule has 3 N–H and O–H groups in total. The van der Waals surface area contributed by atoms with Crippen LogP contribution in [0.2, 0.25) is 0 Å². The molecule has 4 nitrogen and oxygen atoms in total. The summed E-state index contributed by atoms with van der Waals surface area (Å²) < 4.78 is 5.12. The van der Waals surface area contributed by atoms with Crippen LogP contribution in [-0.2, 0) is 9.53 Å². The Labute approximate surface area is 97.9 Å². The zero-order chi connectivity index (χ0) is 12.0. The summed E-state index contributed by atoms with van der Waals surface area (Å²) in [7, 11) is 0. The summed E-state index contributed by atoms with van der Waals surface area (Å²) in [6.45, 7) is 5.48. The fourth-order valence-electron chi connectivity index (χ4n) is 2.25. The second kappa shape index (κ2) is 6.21. The van der Waals surface area contributed by atoms with Gasteiger partial charge in [-0.15, -0.1) is 0 Å². The van der Waals surface area contributed by atoms with Crippen molar-refractivity contribution < 1.29 is 9.53 Å². The Morgan fingerprint density at radius 3 is 2.88 bits per heavy atom. The summed E-state index contributed by atoms with van der Waals surface area (Å²) in [5.41, 5.74) is 5.50. The topological polar surface area (TPSA) is 64.3 Å². The zero-order valence-electron chi connectivity index (χ0n) is 10.4. The molecule has 1 amide bonds. The molecule has 0 radical (unpaired) electrons. The first-order valence-electron chi connectivity index (χ1n) is 6.13. The third-order valence-electron chi connectivity index (χ3n) is 3.34. The van der Waals surface area contributed by atoms with Gasteiger partial charge in [-0.1, -0.05) is 26.7 Å². The molecule has 1 aliphatic carbocycles. The van der Waals surface area contributed by atoms with E-state index in [0.717, 1.165) is 6.42 Å². The molecule has 0 aliphatic heterocycles. The van der Waals surface area contributed by atoms with Gasteiger partial charge in [-0.05, 0) is 18.3 Å². The smallest absolute Gasteiger partial charge is 0.246 e. The van der Waals surface area contributed by atoms with Crippen LogP contribution in [-0.4, -0.2) is 31.7 Å². The van der Waals surface area contributed by atoms with Gasteiger partial charge in [-0.2, -0.15) is 0 Å². The van der Waals surface area contributed by atoms with Gasteiger partial charge in [0.2, 0.25) is 5.91 Å². The Morgan fingerprint density at radius 1 is 1.50 bits per heavy atom. The van der Waals surface area contributed by atoms with Gasteiger partial charge in [-0.25, -0.2) is 0 Å². The van der Waals surface area contributed by atoms with Crippen molar-refractivity contribution in [2.24, 2.45) is 11.1 Å². The van der Waals surface area contributed by atoms with Crippen molar-refractivity contribution in [2.75, 3.05) is 19.8 Å². The molecule has 1 fully saturated rings. The van der Waals surface area contributed by atoms with E-state index in [1.165, 1.54) is 19.3 Å². The van der Waals surface area contributed by atoms with E-state index in [1.807, 2.05) is 0 Å². The lowest BCUT2D eigenvalue weighted by Gasteiger charge is -2.39. The molecule has 1 aliphatic rings. The molecule has 0 heterocycles. The number of ether oxygens (including phenoxy) is 1. The standard InChI is InChI=1S/C12H24N2O2/c1-12(2)6-4-3-5-10(12)14-11(15)9-16-8-7-13/h10H,3-9,13H2,1-2H3,(H,14,15). The van der Waals surface area contributed by atoms with Crippen molar-refractivity contribution in [1.82, 2.24) is 5.32 Å². The summed E-state index contributed by atoms with van der Waals surface area (Å²) in [6, 6.07) is 0.287.